The van der Waals surface area contributed by atoms with Crippen molar-refractivity contribution in [2.75, 3.05) is 0 Å². The molecule has 1 aliphatic carbocycles. The molecule has 0 aromatic rings. The third kappa shape index (κ3) is 3.26. The molecule has 0 bridgehead atoms. The number of ether oxygens (including phenoxy) is 1. The predicted octanol–water partition coefficient (Wildman–Crippen LogP) is 3.04. The number of hydrogen-bond acceptors (Lipinski definition) is 1. The van der Waals surface area contributed by atoms with E-state index >= 15 is 0 Å². The first kappa shape index (κ1) is 8.38. The van der Waals surface area contributed by atoms with Crippen LogP contribution in [0.2, 0.25) is 0 Å². The van der Waals surface area contributed by atoms with Crippen molar-refractivity contribution in [2.45, 2.75) is 38.7 Å². The lowest BCUT2D eigenvalue weighted by Crippen LogP contribution is -2.08. The molecule has 1 nitrogen and oxygen atoms in total. The molecule has 0 aliphatic heterocycles. The molecule has 1 rings (SSSR count). The summed E-state index contributed by atoms with van der Waals surface area (Å²) in [6, 6.07) is 0. The van der Waals surface area contributed by atoms with Crippen LogP contribution in [-0.2, 0) is 4.74 Å². The molecule has 0 radical (unpaired) electrons. The highest BCUT2D eigenvalue weighted by Crippen LogP contribution is 2.13. The molecule has 1 unspecified atom stereocenters. The first-order chi connectivity index (χ1) is 5.43. The van der Waals surface area contributed by atoms with E-state index in [0.717, 1.165) is 6.42 Å². The average Bonchev–Trinajstić information content (AvgIpc) is 2.07. The summed E-state index contributed by atoms with van der Waals surface area (Å²) in [5.74, 6) is 0. The van der Waals surface area contributed by atoms with E-state index in [0.29, 0.717) is 6.10 Å². The normalized spacial score (nSPS) is 24.3. The molecule has 0 fully saturated rings. The minimum Gasteiger partial charge on any atom is -0.494 e. The maximum Gasteiger partial charge on any atom is 0.116 e. The van der Waals surface area contributed by atoms with E-state index < -0.39 is 0 Å². The summed E-state index contributed by atoms with van der Waals surface area (Å²) < 4.78 is 5.46. The lowest BCUT2D eigenvalue weighted by molar-refractivity contribution is 0.170. The third-order valence-corrected chi connectivity index (χ3v) is 1.80. The average molecular weight is 152 g/mol. The minimum atomic E-state index is 0.339. The van der Waals surface area contributed by atoms with Crippen LogP contribution in [0.15, 0.2) is 24.5 Å². The smallest absolute Gasteiger partial charge is 0.116 e. The van der Waals surface area contributed by atoms with Gasteiger partial charge in [-0.05, 0) is 31.8 Å². The fourth-order valence-electron chi connectivity index (χ4n) is 1.15. The van der Waals surface area contributed by atoms with Gasteiger partial charge in [-0.25, -0.2) is 0 Å². The van der Waals surface area contributed by atoms with Gasteiger partial charge < -0.3 is 4.74 Å². The summed E-state index contributed by atoms with van der Waals surface area (Å²) in [5.41, 5.74) is 0. The maximum absolute atomic E-state index is 5.46. The zero-order chi connectivity index (χ0) is 7.94. The van der Waals surface area contributed by atoms with Gasteiger partial charge in [-0.1, -0.05) is 19.1 Å². The van der Waals surface area contributed by atoms with Crippen LogP contribution in [0.5, 0.6) is 0 Å². The van der Waals surface area contributed by atoms with Crippen LogP contribution in [0.25, 0.3) is 0 Å². The fourth-order valence-corrected chi connectivity index (χ4v) is 1.15. The lowest BCUT2D eigenvalue weighted by atomic mass is 10.1. The van der Waals surface area contributed by atoms with E-state index in [1.807, 2.05) is 12.3 Å². The summed E-state index contributed by atoms with van der Waals surface area (Å²) in [6.07, 6.45) is 13.3. The number of rotatable bonds is 3. The van der Waals surface area contributed by atoms with Crippen LogP contribution in [0.3, 0.4) is 0 Å². The van der Waals surface area contributed by atoms with E-state index in [1.54, 1.807) is 0 Å². The van der Waals surface area contributed by atoms with Gasteiger partial charge >= 0.3 is 0 Å². The quantitative estimate of drug-likeness (QED) is 0.446. The van der Waals surface area contributed by atoms with Crippen molar-refractivity contribution >= 4 is 0 Å². The molecule has 0 N–H and O–H groups in total. The summed E-state index contributed by atoms with van der Waals surface area (Å²) >= 11 is 0. The molecule has 1 aliphatic rings. The topological polar surface area (TPSA) is 9.23 Å². The minimum absolute atomic E-state index is 0.339. The Hall–Kier alpha value is -0.720. The molecule has 1 atom stereocenters. The Balaban J connectivity index is 2.19. The maximum atomic E-state index is 5.46. The van der Waals surface area contributed by atoms with Crippen molar-refractivity contribution in [2.24, 2.45) is 0 Å². The molecule has 0 aromatic carbocycles. The first-order valence-corrected chi connectivity index (χ1v) is 4.40. The van der Waals surface area contributed by atoms with Crippen molar-refractivity contribution in [3.05, 3.63) is 24.5 Å². The third-order valence-electron chi connectivity index (χ3n) is 1.80. The van der Waals surface area contributed by atoms with Crippen molar-refractivity contribution in [1.29, 1.82) is 0 Å². The Kier molecular flexibility index (Phi) is 3.81. The van der Waals surface area contributed by atoms with E-state index in [1.165, 1.54) is 19.3 Å². The lowest BCUT2D eigenvalue weighted by Gasteiger charge is -2.15. The zero-order valence-corrected chi connectivity index (χ0v) is 7.12. The molecule has 0 saturated heterocycles. The van der Waals surface area contributed by atoms with Gasteiger partial charge in [-0.2, -0.15) is 0 Å². The number of allylic oxidation sites excluding steroid dienone is 2. The molecule has 0 amide bonds. The van der Waals surface area contributed by atoms with Crippen LogP contribution in [-0.4, -0.2) is 6.10 Å². The first-order valence-electron chi connectivity index (χ1n) is 4.40. The molecule has 0 aromatic heterocycles. The summed E-state index contributed by atoms with van der Waals surface area (Å²) in [6.45, 7) is 2.11. The van der Waals surface area contributed by atoms with Gasteiger partial charge in [0.05, 0.1) is 6.26 Å². The van der Waals surface area contributed by atoms with Gasteiger partial charge in [-0.15, -0.1) is 0 Å². The monoisotopic (exact) mass is 152 g/mol. The van der Waals surface area contributed by atoms with Gasteiger partial charge in [0.25, 0.3) is 0 Å². The second-order valence-corrected chi connectivity index (χ2v) is 2.81. The Morgan fingerprint density at radius 1 is 1.64 bits per heavy atom. The predicted molar refractivity (Wildman–Crippen MR) is 47.3 cm³/mol. The summed E-state index contributed by atoms with van der Waals surface area (Å²) in [4.78, 5) is 0. The standard InChI is InChI=1S/C10H16O/c1-2-3-9-11-10-7-5-4-6-8-10/h3,5,7,9-10H,2,4,6,8H2,1H3/b9-3+. The van der Waals surface area contributed by atoms with E-state index in [-0.39, 0.29) is 0 Å². The molecule has 1 heteroatoms. The van der Waals surface area contributed by atoms with E-state index in [4.69, 9.17) is 4.74 Å². The Morgan fingerprint density at radius 2 is 2.55 bits per heavy atom. The van der Waals surface area contributed by atoms with Crippen molar-refractivity contribution in [1.82, 2.24) is 0 Å². The van der Waals surface area contributed by atoms with Crippen LogP contribution >= 0.6 is 0 Å². The van der Waals surface area contributed by atoms with Gasteiger partial charge in [0.15, 0.2) is 0 Å². The molecular formula is C10H16O. The van der Waals surface area contributed by atoms with Gasteiger partial charge in [0, 0.05) is 0 Å². The Morgan fingerprint density at radius 3 is 3.18 bits per heavy atom. The van der Waals surface area contributed by atoms with Crippen LogP contribution in [0.4, 0.5) is 0 Å². The van der Waals surface area contributed by atoms with Gasteiger partial charge in [0.1, 0.15) is 6.10 Å². The van der Waals surface area contributed by atoms with Gasteiger partial charge in [-0.3, -0.25) is 0 Å². The van der Waals surface area contributed by atoms with Crippen molar-refractivity contribution < 1.29 is 4.74 Å². The van der Waals surface area contributed by atoms with E-state index in [2.05, 4.69) is 19.1 Å². The Labute approximate surface area is 68.8 Å². The zero-order valence-electron chi connectivity index (χ0n) is 7.12. The van der Waals surface area contributed by atoms with Gasteiger partial charge in [0.2, 0.25) is 0 Å². The van der Waals surface area contributed by atoms with E-state index in [9.17, 15) is 0 Å². The van der Waals surface area contributed by atoms with Crippen molar-refractivity contribution in [3.63, 3.8) is 0 Å². The molecular weight excluding hydrogens is 136 g/mol. The summed E-state index contributed by atoms with van der Waals surface area (Å²) in [7, 11) is 0. The fraction of sp³-hybridized carbons (Fsp3) is 0.600. The summed E-state index contributed by atoms with van der Waals surface area (Å²) in [5, 5.41) is 0. The molecule has 0 heterocycles. The molecule has 62 valence electrons. The molecule has 11 heavy (non-hydrogen) atoms. The molecule has 0 spiro atoms. The highest BCUT2D eigenvalue weighted by atomic mass is 16.5. The molecule has 0 saturated carbocycles. The van der Waals surface area contributed by atoms with Crippen molar-refractivity contribution in [3.8, 4) is 0 Å². The number of hydrogen-bond donors (Lipinski definition) is 0. The van der Waals surface area contributed by atoms with Crippen LogP contribution in [0, 0.1) is 0 Å². The highest BCUT2D eigenvalue weighted by Gasteiger charge is 2.05. The SMILES string of the molecule is CC/C=C/OC1C=CCCC1. The Bertz CT molecular complexity index is 147. The van der Waals surface area contributed by atoms with Crippen LogP contribution < -0.4 is 0 Å². The second-order valence-electron chi connectivity index (χ2n) is 2.81. The second kappa shape index (κ2) is 5.00. The largest absolute Gasteiger partial charge is 0.494 e. The highest BCUT2D eigenvalue weighted by molar-refractivity contribution is 4.95. The van der Waals surface area contributed by atoms with Crippen LogP contribution in [0.1, 0.15) is 32.6 Å².